The molecule has 0 bridgehead atoms. The molecule has 1 aliphatic rings. The van der Waals surface area contributed by atoms with Crippen molar-refractivity contribution in [3.05, 3.63) is 71.3 Å². The molecular formula is C16H15NO. The first-order valence-electron chi connectivity index (χ1n) is 6.28. The number of hydrogen-bond acceptors (Lipinski definition) is 1. The summed E-state index contributed by atoms with van der Waals surface area (Å²) in [5, 5.41) is 3.11. The maximum absolute atomic E-state index is 12.1. The fourth-order valence-corrected chi connectivity index (χ4v) is 2.54. The molecule has 90 valence electrons. The summed E-state index contributed by atoms with van der Waals surface area (Å²) < 4.78 is 0. The molecule has 2 aromatic rings. The van der Waals surface area contributed by atoms with E-state index >= 15 is 0 Å². The van der Waals surface area contributed by atoms with Crippen molar-refractivity contribution in [1.29, 1.82) is 0 Å². The number of carbonyl (C=O) groups is 1. The molecule has 2 heteroatoms. The van der Waals surface area contributed by atoms with Crippen molar-refractivity contribution in [3.63, 3.8) is 0 Å². The minimum absolute atomic E-state index is 0.0114. The van der Waals surface area contributed by atoms with Gasteiger partial charge in [-0.2, -0.15) is 0 Å². The predicted molar refractivity (Wildman–Crippen MR) is 71.4 cm³/mol. The van der Waals surface area contributed by atoms with Gasteiger partial charge < -0.3 is 5.32 Å². The maximum atomic E-state index is 12.1. The zero-order valence-electron chi connectivity index (χ0n) is 10.1. The van der Waals surface area contributed by atoms with Crippen LogP contribution < -0.4 is 5.32 Å². The normalized spacial score (nSPS) is 17.2. The molecule has 0 heterocycles. The molecule has 1 amide bonds. The summed E-state index contributed by atoms with van der Waals surface area (Å²) in [7, 11) is 0. The largest absolute Gasteiger partial charge is 0.345 e. The Bertz CT molecular complexity index is 562. The molecule has 18 heavy (non-hydrogen) atoms. The van der Waals surface area contributed by atoms with E-state index < -0.39 is 0 Å². The topological polar surface area (TPSA) is 29.1 Å². The molecule has 2 aromatic carbocycles. The number of rotatable bonds is 2. The summed E-state index contributed by atoms with van der Waals surface area (Å²) in [4.78, 5) is 12.1. The Balaban J connectivity index is 1.77. The van der Waals surface area contributed by atoms with E-state index in [1.54, 1.807) is 0 Å². The second kappa shape index (κ2) is 4.65. The fraction of sp³-hybridized carbons (Fsp3) is 0.188. The van der Waals surface area contributed by atoms with Crippen LogP contribution in [-0.4, -0.2) is 5.91 Å². The van der Waals surface area contributed by atoms with Gasteiger partial charge in [-0.15, -0.1) is 0 Å². The first-order chi connectivity index (χ1) is 8.84. The van der Waals surface area contributed by atoms with Crippen LogP contribution in [0.25, 0.3) is 0 Å². The van der Waals surface area contributed by atoms with Crippen molar-refractivity contribution in [1.82, 2.24) is 5.32 Å². The Labute approximate surface area is 107 Å². The van der Waals surface area contributed by atoms with Crippen LogP contribution in [0.1, 0.15) is 33.9 Å². The van der Waals surface area contributed by atoms with Crippen LogP contribution in [0.5, 0.6) is 0 Å². The molecule has 0 unspecified atom stereocenters. The van der Waals surface area contributed by atoms with E-state index in [4.69, 9.17) is 0 Å². The monoisotopic (exact) mass is 237 g/mol. The lowest BCUT2D eigenvalue weighted by atomic mass is 10.1. The quantitative estimate of drug-likeness (QED) is 0.854. The minimum atomic E-state index is 0.0114. The lowest BCUT2D eigenvalue weighted by Crippen LogP contribution is -2.26. The van der Waals surface area contributed by atoms with Gasteiger partial charge in [0.15, 0.2) is 0 Å². The smallest absolute Gasteiger partial charge is 0.251 e. The van der Waals surface area contributed by atoms with Crippen LogP contribution in [0.15, 0.2) is 54.6 Å². The summed E-state index contributed by atoms with van der Waals surface area (Å²) in [6.07, 6.45) is 2.05. The number of carbonyl (C=O) groups excluding carboxylic acids is 1. The molecule has 1 aliphatic carbocycles. The lowest BCUT2D eigenvalue weighted by molar-refractivity contribution is 0.0936. The fourth-order valence-electron chi connectivity index (χ4n) is 2.54. The molecule has 0 fully saturated rings. The van der Waals surface area contributed by atoms with Crippen LogP contribution in [-0.2, 0) is 6.42 Å². The molecule has 1 N–H and O–H groups in total. The van der Waals surface area contributed by atoms with E-state index in [-0.39, 0.29) is 11.9 Å². The van der Waals surface area contributed by atoms with E-state index in [9.17, 15) is 4.79 Å². The van der Waals surface area contributed by atoms with E-state index in [1.165, 1.54) is 11.1 Å². The molecule has 2 nitrogen and oxygen atoms in total. The SMILES string of the molecule is O=C(N[C@H]1CCc2ccccc21)c1ccccc1. The molecule has 0 aromatic heterocycles. The number of nitrogens with one attached hydrogen (secondary N) is 1. The predicted octanol–water partition coefficient (Wildman–Crippen LogP) is 3.10. The Kier molecular flexibility index (Phi) is 2.85. The van der Waals surface area contributed by atoms with Gasteiger partial charge in [0, 0.05) is 5.56 Å². The van der Waals surface area contributed by atoms with Gasteiger partial charge in [0.05, 0.1) is 6.04 Å². The highest BCUT2D eigenvalue weighted by Gasteiger charge is 2.23. The van der Waals surface area contributed by atoms with Crippen LogP contribution in [0.2, 0.25) is 0 Å². The third kappa shape index (κ3) is 2.02. The number of benzene rings is 2. The average molecular weight is 237 g/mol. The van der Waals surface area contributed by atoms with E-state index in [2.05, 4.69) is 23.5 Å². The molecule has 0 radical (unpaired) electrons. The van der Waals surface area contributed by atoms with Crippen molar-refractivity contribution in [3.8, 4) is 0 Å². The molecule has 0 saturated heterocycles. The van der Waals surface area contributed by atoms with Crippen LogP contribution in [0.4, 0.5) is 0 Å². The Morgan fingerprint density at radius 2 is 1.72 bits per heavy atom. The maximum Gasteiger partial charge on any atom is 0.251 e. The summed E-state index contributed by atoms with van der Waals surface area (Å²) in [5.74, 6) is 0.0114. The van der Waals surface area contributed by atoms with E-state index in [0.717, 1.165) is 18.4 Å². The van der Waals surface area contributed by atoms with Gasteiger partial charge >= 0.3 is 0 Å². The Hall–Kier alpha value is -2.09. The zero-order valence-corrected chi connectivity index (χ0v) is 10.1. The summed E-state index contributed by atoms with van der Waals surface area (Å²) >= 11 is 0. The lowest BCUT2D eigenvalue weighted by Gasteiger charge is -2.14. The second-order valence-corrected chi connectivity index (χ2v) is 4.63. The number of amides is 1. The highest BCUT2D eigenvalue weighted by molar-refractivity contribution is 5.94. The molecular weight excluding hydrogens is 222 g/mol. The number of fused-ring (bicyclic) bond motifs is 1. The standard InChI is InChI=1S/C16H15NO/c18-16(13-7-2-1-3-8-13)17-15-11-10-12-6-4-5-9-14(12)15/h1-9,15H,10-11H2,(H,17,18)/t15-/m0/s1. The van der Waals surface area contributed by atoms with Crippen molar-refractivity contribution in [2.45, 2.75) is 18.9 Å². The van der Waals surface area contributed by atoms with Crippen molar-refractivity contribution in [2.24, 2.45) is 0 Å². The van der Waals surface area contributed by atoms with E-state index in [1.807, 2.05) is 36.4 Å². The van der Waals surface area contributed by atoms with Crippen molar-refractivity contribution in [2.75, 3.05) is 0 Å². The summed E-state index contributed by atoms with van der Waals surface area (Å²) in [6, 6.07) is 17.9. The van der Waals surface area contributed by atoms with Gasteiger partial charge in [-0.1, -0.05) is 42.5 Å². The molecule has 0 spiro atoms. The second-order valence-electron chi connectivity index (χ2n) is 4.63. The Morgan fingerprint density at radius 1 is 1.00 bits per heavy atom. The zero-order chi connectivity index (χ0) is 12.4. The average Bonchev–Trinajstić information content (AvgIpc) is 2.83. The third-order valence-electron chi connectivity index (χ3n) is 3.47. The van der Waals surface area contributed by atoms with Gasteiger partial charge in [0.25, 0.3) is 5.91 Å². The number of aryl methyl sites for hydroxylation is 1. The van der Waals surface area contributed by atoms with Gasteiger partial charge in [-0.05, 0) is 36.1 Å². The summed E-state index contributed by atoms with van der Waals surface area (Å²) in [5.41, 5.74) is 3.35. The highest BCUT2D eigenvalue weighted by atomic mass is 16.1. The van der Waals surface area contributed by atoms with Gasteiger partial charge in [-0.25, -0.2) is 0 Å². The highest BCUT2D eigenvalue weighted by Crippen LogP contribution is 2.30. The van der Waals surface area contributed by atoms with Crippen molar-refractivity contribution >= 4 is 5.91 Å². The molecule has 3 rings (SSSR count). The molecule has 0 aliphatic heterocycles. The van der Waals surface area contributed by atoms with Gasteiger partial charge in [-0.3, -0.25) is 4.79 Å². The molecule has 1 atom stereocenters. The van der Waals surface area contributed by atoms with Crippen LogP contribution in [0.3, 0.4) is 0 Å². The minimum Gasteiger partial charge on any atom is -0.345 e. The third-order valence-corrected chi connectivity index (χ3v) is 3.47. The summed E-state index contributed by atoms with van der Waals surface area (Å²) in [6.45, 7) is 0. The molecule has 0 saturated carbocycles. The first kappa shape index (κ1) is 11.0. The van der Waals surface area contributed by atoms with Crippen LogP contribution in [0, 0.1) is 0 Å². The Morgan fingerprint density at radius 3 is 2.56 bits per heavy atom. The van der Waals surface area contributed by atoms with Gasteiger partial charge in [0.2, 0.25) is 0 Å². The van der Waals surface area contributed by atoms with Crippen molar-refractivity contribution < 1.29 is 4.79 Å². The van der Waals surface area contributed by atoms with Gasteiger partial charge in [0.1, 0.15) is 0 Å². The first-order valence-corrected chi connectivity index (χ1v) is 6.28. The van der Waals surface area contributed by atoms with Crippen LogP contribution >= 0.6 is 0 Å². The van der Waals surface area contributed by atoms with E-state index in [0.29, 0.717) is 0 Å². The number of hydrogen-bond donors (Lipinski definition) is 1.